The summed E-state index contributed by atoms with van der Waals surface area (Å²) < 4.78 is 0. The summed E-state index contributed by atoms with van der Waals surface area (Å²) in [6.45, 7) is 4.07. The number of hydrogen-bond donors (Lipinski definition) is 1. The van der Waals surface area contributed by atoms with E-state index in [1.807, 2.05) is 13.1 Å². The van der Waals surface area contributed by atoms with Gasteiger partial charge < -0.3 is 10.2 Å². The van der Waals surface area contributed by atoms with E-state index in [1.165, 1.54) is 18.4 Å². The van der Waals surface area contributed by atoms with Crippen LogP contribution in [0.1, 0.15) is 25.3 Å². The summed E-state index contributed by atoms with van der Waals surface area (Å²) >= 11 is 0. The van der Waals surface area contributed by atoms with E-state index < -0.39 is 0 Å². The van der Waals surface area contributed by atoms with Crippen LogP contribution >= 0.6 is 0 Å². The van der Waals surface area contributed by atoms with Crippen LogP contribution in [0.4, 0.5) is 0 Å². The lowest BCUT2D eigenvalue weighted by molar-refractivity contribution is 0.464. The lowest BCUT2D eigenvalue weighted by atomic mass is 10.2. The molecule has 0 unspecified atom stereocenters. The van der Waals surface area contributed by atoms with Crippen LogP contribution in [0.25, 0.3) is 0 Å². The van der Waals surface area contributed by atoms with Crippen LogP contribution in [-0.4, -0.2) is 31.5 Å². The molecule has 1 rings (SSSR count). The van der Waals surface area contributed by atoms with Crippen LogP contribution < -0.4 is 5.32 Å². The average molecular weight is 233 g/mol. The Balaban J connectivity index is 2.43. The Morgan fingerprint density at radius 1 is 1.29 bits per heavy atom. The molecule has 1 aromatic rings. The van der Waals surface area contributed by atoms with Gasteiger partial charge in [0.05, 0.1) is 0 Å². The second kappa shape index (κ2) is 7.71. The monoisotopic (exact) mass is 233 g/mol. The minimum atomic E-state index is 0.823. The molecule has 3 heteroatoms. The van der Waals surface area contributed by atoms with E-state index in [2.05, 4.69) is 53.4 Å². The number of benzene rings is 1. The van der Waals surface area contributed by atoms with E-state index in [-0.39, 0.29) is 0 Å². The van der Waals surface area contributed by atoms with E-state index in [9.17, 15) is 0 Å². The molecule has 94 valence electrons. The number of hydrogen-bond acceptors (Lipinski definition) is 1. The van der Waals surface area contributed by atoms with Crippen molar-refractivity contribution in [2.75, 3.05) is 20.6 Å². The molecule has 0 aliphatic heterocycles. The second-order valence-electron chi connectivity index (χ2n) is 4.16. The van der Waals surface area contributed by atoms with Crippen molar-refractivity contribution in [3.8, 4) is 0 Å². The van der Waals surface area contributed by atoms with E-state index >= 15 is 0 Å². The molecule has 0 aliphatic carbocycles. The van der Waals surface area contributed by atoms with E-state index in [4.69, 9.17) is 0 Å². The summed E-state index contributed by atoms with van der Waals surface area (Å²) in [7, 11) is 3.91. The van der Waals surface area contributed by atoms with Crippen molar-refractivity contribution in [2.24, 2.45) is 4.99 Å². The highest BCUT2D eigenvalue weighted by Crippen LogP contribution is 1.98. The predicted octanol–water partition coefficient (Wildman–Crippen LogP) is 2.49. The van der Waals surface area contributed by atoms with Crippen LogP contribution in [0, 0.1) is 0 Å². The highest BCUT2D eigenvalue weighted by molar-refractivity contribution is 5.79. The number of aliphatic imine (C=N–C) groups is 1. The number of rotatable bonds is 5. The molecular weight excluding hydrogens is 210 g/mol. The maximum Gasteiger partial charge on any atom is 0.193 e. The zero-order valence-electron chi connectivity index (χ0n) is 11.1. The maximum atomic E-state index is 4.29. The fraction of sp³-hybridized carbons (Fsp3) is 0.500. The largest absolute Gasteiger partial charge is 0.352 e. The van der Waals surface area contributed by atoms with E-state index in [1.54, 1.807) is 0 Å². The van der Waals surface area contributed by atoms with Gasteiger partial charge in [0.2, 0.25) is 0 Å². The molecule has 0 aliphatic rings. The third kappa shape index (κ3) is 4.89. The molecule has 17 heavy (non-hydrogen) atoms. The molecule has 0 bridgehead atoms. The van der Waals surface area contributed by atoms with Gasteiger partial charge in [-0.25, -0.2) is 0 Å². The Bertz CT molecular complexity index is 333. The van der Waals surface area contributed by atoms with Gasteiger partial charge in [-0.2, -0.15) is 0 Å². The summed E-state index contributed by atoms with van der Waals surface area (Å²) in [6, 6.07) is 10.4. The first-order chi connectivity index (χ1) is 8.27. The molecule has 0 aromatic heterocycles. The van der Waals surface area contributed by atoms with Gasteiger partial charge in [0.25, 0.3) is 0 Å². The highest BCUT2D eigenvalue weighted by Gasteiger charge is 2.04. The van der Waals surface area contributed by atoms with Gasteiger partial charge in [0.1, 0.15) is 0 Å². The molecule has 0 radical (unpaired) electrons. The van der Waals surface area contributed by atoms with Gasteiger partial charge in [0.15, 0.2) is 5.96 Å². The molecule has 1 aromatic carbocycles. The molecule has 0 saturated carbocycles. The SMILES string of the molecule is CCCCN(C)C(=NC)NCc1ccccc1. The van der Waals surface area contributed by atoms with Crippen molar-refractivity contribution in [3.63, 3.8) is 0 Å². The molecule has 0 heterocycles. The van der Waals surface area contributed by atoms with Gasteiger partial charge in [-0.1, -0.05) is 43.7 Å². The molecule has 3 nitrogen and oxygen atoms in total. The summed E-state index contributed by atoms with van der Waals surface area (Å²) in [6.07, 6.45) is 2.41. The molecule has 1 N–H and O–H groups in total. The van der Waals surface area contributed by atoms with Gasteiger partial charge in [-0.3, -0.25) is 4.99 Å². The Hall–Kier alpha value is -1.51. The van der Waals surface area contributed by atoms with Crippen molar-refractivity contribution < 1.29 is 0 Å². The first-order valence-electron chi connectivity index (χ1n) is 6.23. The number of guanidine groups is 1. The van der Waals surface area contributed by atoms with Crippen molar-refractivity contribution >= 4 is 5.96 Å². The average Bonchev–Trinajstić information content (AvgIpc) is 2.38. The van der Waals surface area contributed by atoms with Crippen LogP contribution in [0.5, 0.6) is 0 Å². The lowest BCUT2D eigenvalue weighted by Gasteiger charge is -2.21. The minimum absolute atomic E-state index is 0.823. The molecule has 0 saturated heterocycles. The van der Waals surface area contributed by atoms with Gasteiger partial charge >= 0.3 is 0 Å². The summed E-state index contributed by atoms with van der Waals surface area (Å²) in [5, 5.41) is 3.37. The van der Waals surface area contributed by atoms with Crippen LogP contribution in [0.2, 0.25) is 0 Å². The Labute approximate surface area is 105 Å². The van der Waals surface area contributed by atoms with Crippen molar-refractivity contribution in [2.45, 2.75) is 26.3 Å². The number of unbranched alkanes of at least 4 members (excludes halogenated alkanes) is 1. The number of nitrogens with one attached hydrogen (secondary N) is 1. The third-order valence-electron chi connectivity index (χ3n) is 2.71. The van der Waals surface area contributed by atoms with E-state index in [0.717, 1.165) is 19.0 Å². The number of nitrogens with zero attached hydrogens (tertiary/aromatic N) is 2. The van der Waals surface area contributed by atoms with Gasteiger partial charge in [0, 0.05) is 27.2 Å². The van der Waals surface area contributed by atoms with Crippen LogP contribution in [-0.2, 0) is 6.54 Å². The molecule has 0 fully saturated rings. The standard InChI is InChI=1S/C14H23N3/c1-4-5-11-17(3)14(15-2)16-12-13-9-7-6-8-10-13/h6-10H,4-5,11-12H2,1-3H3,(H,15,16). The summed E-state index contributed by atoms with van der Waals surface area (Å²) in [5.74, 6) is 0.960. The first kappa shape index (κ1) is 13.6. The quantitative estimate of drug-likeness (QED) is 0.625. The molecular formula is C14H23N3. The van der Waals surface area contributed by atoms with Crippen LogP contribution in [0.15, 0.2) is 35.3 Å². The van der Waals surface area contributed by atoms with Crippen molar-refractivity contribution in [1.29, 1.82) is 0 Å². The maximum absolute atomic E-state index is 4.29. The summed E-state index contributed by atoms with van der Waals surface area (Å²) in [4.78, 5) is 6.46. The zero-order chi connectivity index (χ0) is 12.5. The van der Waals surface area contributed by atoms with Crippen molar-refractivity contribution in [1.82, 2.24) is 10.2 Å². The lowest BCUT2D eigenvalue weighted by Crippen LogP contribution is -2.38. The fourth-order valence-electron chi connectivity index (χ4n) is 1.66. The molecule has 0 spiro atoms. The van der Waals surface area contributed by atoms with Crippen LogP contribution in [0.3, 0.4) is 0 Å². The summed E-state index contributed by atoms with van der Waals surface area (Å²) in [5.41, 5.74) is 1.28. The predicted molar refractivity (Wildman–Crippen MR) is 74.2 cm³/mol. The van der Waals surface area contributed by atoms with Gasteiger partial charge in [-0.05, 0) is 12.0 Å². The topological polar surface area (TPSA) is 27.6 Å². The Morgan fingerprint density at radius 3 is 2.59 bits per heavy atom. The third-order valence-corrected chi connectivity index (χ3v) is 2.71. The molecule has 0 atom stereocenters. The van der Waals surface area contributed by atoms with Crippen molar-refractivity contribution in [3.05, 3.63) is 35.9 Å². The van der Waals surface area contributed by atoms with Gasteiger partial charge in [-0.15, -0.1) is 0 Å². The zero-order valence-corrected chi connectivity index (χ0v) is 11.1. The first-order valence-corrected chi connectivity index (χ1v) is 6.23. The smallest absolute Gasteiger partial charge is 0.193 e. The fourth-order valence-corrected chi connectivity index (χ4v) is 1.66. The van der Waals surface area contributed by atoms with E-state index in [0.29, 0.717) is 0 Å². The Morgan fingerprint density at radius 2 is 2.00 bits per heavy atom. The highest BCUT2D eigenvalue weighted by atomic mass is 15.3. The molecule has 0 amide bonds. The minimum Gasteiger partial charge on any atom is -0.352 e. The normalized spacial score (nSPS) is 11.4. The Kier molecular flexibility index (Phi) is 6.15. The second-order valence-corrected chi connectivity index (χ2v) is 4.16.